The number of thioether (sulfide) groups is 1. The third kappa shape index (κ3) is 2.44. The molecule has 2 aromatic carbocycles. The number of hydrogen-bond acceptors (Lipinski definition) is 1. The zero-order chi connectivity index (χ0) is 16.0. The Labute approximate surface area is 141 Å². The Morgan fingerprint density at radius 3 is 2.74 bits per heavy atom. The van der Waals surface area contributed by atoms with Crippen molar-refractivity contribution in [2.75, 3.05) is 6.26 Å². The molecule has 0 saturated carbocycles. The second kappa shape index (κ2) is 5.83. The minimum absolute atomic E-state index is 0.0383. The number of hydrogen-bond donors (Lipinski definition) is 0. The summed E-state index contributed by atoms with van der Waals surface area (Å²) in [6, 6.07) is 11.0. The Hall–Kier alpha value is -1.54. The van der Waals surface area contributed by atoms with Crippen LogP contribution in [0.5, 0.6) is 0 Å². The lowest BCUT2D eigenvalue weighted by Crippen LogP contribution is -2.13. The summed E-state index contributed by atoms with van der Waals surface area (Å²) in [6.07, 6.45) is 6.69. The standard InChI is InChI=1S/C21H21FS/c1-13-10-19-16-4-3-5-21(22)18(16)9-8-17(19)20-11-14(12-23-2)6-7-15(13)20/h5-9,11,13H,3-4,10,12H2,1-2H3. The molecule has 1 atom stereocenters. The lowest BCUT2D eigenvalue weighted by atomic mass is 9.75. The highest BCUT2D eigenvalue weighted by Gasteiger charge is 2.26. The van der Waals surface area contributed by atoms with Gasteiger partial charge in [-0.1, -0.05) is 37.3 Å². The van der Waals surface area contributed by atoms with Crippen LogP contribution in [0.3, 0.4) is 0 Å². The van der Waals surface area contributed by atoms with Crippen molar-refractivity contribution in [2.45, 2.75) is 37.9 Å². The van der Waals surface area contributed by atoms with Gasteiger partial charge in [-0.15, -0.1) is 0 Å². The number of rotatable bonds is 2. The summed E-state index contributed by atoms with van der Waals surface area (Å²) < 4.78 is 14.2. The fourth-order valence-corrected chi connectivity index (χ4v) is 4.59. The highest BCUT2D eigenvalue weighted by Crippen LogP contribution is 2.44. The summed E-state index contributed by atoms with van der Waals surface area (Å²) in [4.78, 5) is 0. The van der Waals surface area contributed by atoms with Crippen LogP contribution >= 0.6 is 11.8 Å². The molecular formula is C21H21FS. The van der Waals surface area contributed by atoms with Crippen LogP contribution in [0.1, 0.15) is 47.1 Å². The molecule has 118 valence electrons. The molecule has 2 heteroatoms. The Bertz CT molecular complexity index is 804. The highest BCUT2D eigenvalue weighted by atomic mass is 32.2. The number of allylic oxidation sites excluding steroid dienone is 1. The smallest absolute Gasteiger partial charge is 0.126 e. The van der Waals surface area contributed by atoms with E-state index in [2.05, 4.69) is 37.4 Å². The molecule has 23 heavy (non-hydrogen) atoms. The van der Waals surface area contributed by atoms with Gasteiger partial charge < -0.3 is 0 Å². The van der Waals surface area contributed by atoms with Crippen LogP contribution in [0.15, 0.2) is 36.4 Å². The summed E-state index contributed by atoms with van der Waals surface area (Å²) in [6.45, 7) is 2.30. The largest absolute Gasteiger partial charge is 0.207 e. The van der Waals surface area contributed by atoms with Gasteiger partial charge in [-0.3, -0.25) is 0 Å². The zero-order valence-corrected chi connectivity index (χ0v) is 14.5. The van der Waals surface area contributed by atoms with Crippen molar-refractivity contribution in [1.82, 2.24) is 0 Å². The molecule has 4 rings (SSSR count). The van der Waals surface area contributed by atoms with E-state index >= 15 is 0 Å². The quantitative estimate of drug-likeness (QED) is 0.640. The van der Waals surface area contributed by atoms with Crippen LogP contribution in [-0.2, 0) is 18.6 Å². The van der Waals surface area contributed by atoms with E-state index in [9.17, 15) is 4.39 Å². The summed E-state index contributed by atoms with van der Waals surface area (Å²) in [5.74, 6) is 1.50. The van der Waals surface area contributed by atoms with E-state index in [-0.39, 0.29) is 5.83 Å². The molecular weight excluding hydrogens is 303 g/mol. The van der Waals surface area contributed by atoms with Crippen molar-refractivity contribution < 1.29 is 4.39 Å². The third-order valence-electron chi connectivity index (χ3n) is 5.17. The van der Waals surface area contributed by atoms with E-state index in [1.165, 1.54) is 33.4 Å². The Morgan fingerprint density at radius 2 is 1.91 bits per heavy atom. The van der Waals surface area contributed by atoms with Gasteiger partial charge in [0, 0.05) is 11.3 Å². The van der Waals surface area contributed by atoms with Gasteiger partial charge in [0.1, 0.15) is 5.83 Å². The first-order valence-electron chi connectivity index (χ1n) is 8.32. The Morgan fingerprint density at radius 1 is 1.09 bits per heavy atom. The Balaban J connectivity index is 1.92. The van der Waals surface area contributed by atoms with E-state index in [1.54, 1.807) is 6.08 Å². The topological polar surface area (TPSA) is 0 Å². The molecule has 0 nitrogen and oxygen atoms in total. The van der Waals surface area contributed by atoms with Gasteiger partial charge in [-0.05, 0) is 70.9 Å². The third-order valence-corrected chi connectivity index (χ3v) is 5.79. The lowest BCUT2D eigenvalue weighted by molar-refractivity contribution is 0.716. The molecule has 0 aromatic heterocycles. The van der Waals surface area contributed by atoms with E-state index in [1.807, 2.05) is 17.8 Å². The Kier molecular flexibility index (Phi) is 3.81. The van der Waals surface area contributed by atoms with E-state index in [0.717, 1.165) is 30.6 Å². The molecule has 0 N–H and O–H groups in total. The van der Waals surface area contributed by atoms with Gasteiger partial charge in [-0.25, -0.2) is 4.39 Å². The number of halogens is 1. The van der Waals surface area contributed by atoms with Crippen LogP contribution in [-0.4, -0.2) is 6.26 Å². The lowest BCUT2D eigenvalue weighted by Gasteiger charge is -2.30. The van der Waals surface area contributed by atoms with Crippen molar-refractivity contribution in [3.8, 4) is 11.1 Å². The van der Waals surface area contributed by atoms with Crippen molar-refractivity contribution >= 4 is 17.6 Å². The zero-order valence-electron chi connectivity index (χ0n) is 13.7. The number of benzene rings is 2. The van der Waals surface area contributed by atoms with Crippen LogP contribution < -0.4 is 0 Å². The molecule has 2 aromatic rings. The van der Waals surface area contributed by atoms with Crippen molar-refractivity contribution in [3.05, 3.63) is 64.2 Å². The average molecular weight is 324 g/mol. The van der Waals surface area contributed by atoms with Crippen LogP contribution in [0.25, 0.3) is 17.0 Å². The molecule has 2 aliphatic carbocycles. The number of fused-ring (bicyclic) bond motifs is 5. The molecule has 0 fully saturated rings. The first kappa shape index (κ1) is 15.0. The monoisotopic (exact) mass is 324 g/mol. The predicted octanol–water partition coefficient (Wildman–Crippen LogP) is 6.13. The molecule has 0 saturated heterocycles. The van der Waals surface area contributed by atoms with E-state index < -0.39 is 0 Å². The van der Waals surface area contributed by atoms with Gasteiger partial charge in [0.2, 0.25) is 0 Å². The minimum Gasteiger partial charge on any atom is -0.207 e. The van der Waals surface area contributed by atoms with Crippen molar-refractivity contribution in [2.24, 2.45) is 0 Å². The summed E-state index contributed by atoms with van der Waals surface area (Å²) in [7, 11) is 0. The molecule has 0 bridgehead atoms. The predicted molar refractivity (Wildman–Crippen MR) is 98.6 cm³/mol. The maximum absolute atomic E-state index is 14.2. The maximum atomic E-state index is 14.2. The van der Waals surface area contributed by atoms with Gasteiger partial charge >= 0.3 is 0 Å². The summed E-state index contributed by atoms with van der Waals surface area (Å²) >= 11 is 1.85. The van der Waals surface area contributed by atoms with Crippen LogP contribution in [0.4, 0.5) is 4.39 Å². The first-order chi connectivity index (χ1) is 11.2. The average Bonchev–Trinajstić information content (AvgIpc) is 2.55. The van der Waals surface area contributed by atoms with Crippen molar-refractivity contribution in [1.29, 1.82) is 0 Å². The summed E-state index contributed by atoms with van der Waals surface area (Å²) in [5, 5.41) is 0. The van der Waals surface area contributed by atoms with E-state index in [0.29, 0.717) is 5.92 Å². The molecule has 0 radical (unpaired) electrons. The molecule has 0 amide bonds. The fraction of sp³-hybridized carbons (Fsp3) is 0.333. The van der Waals surface area contributed by atoms with Crippen molar-refractivity contribution in [3.63, 3.8) is 0 Å². The SMILES string of the molecule is CSCc1ccc2c(c1)-c1ccc3c(c1CC2C)CCC=C3F. The van der Waals surface area contributed by atoms with E-state index in [4.69, 9.17) is 0 Å². The fourth-order valence-electron chi connectivity index (χ4n) is 4.08. The molecule has 0 heterocycles. The summed E-state index contributed by atoms with van der Waals surface area (Å²) in [5.41, 5.74) is 8.96. The van der Waals surface area contributed by atoms with Gasteiger partial charge in [0.15, 0.2) is 0 Å². The molecule has 1 unspecified atom stereocenters. The maximum Gasteiger partial charge on any atom is 0.126 e. The second-order valence-electron chi connectivity index (χ2n) is 6.67. The molecule has 0 aliphatic heterocycles. The first-order valence-corrected chi connectivity index (χ1v) is 9.71. The van der Waals surface area contributed by atoms with Gasteiger partial charge in [0.25, 0.3) is 0 Å². The molecule has 0 spiro atoms. The minimum atomic E-state index is -0.0383. The van der Waals surface area contributed by atoms with Gasteiger partial charge in [-0.2, -0.15) is 11.8 Å². The van der Waals surface area contributed by atoms with Gasteiger partial charge in [0.05, 0.1) is 0 Å². The normalized spacial score (nSPS) is 18.7. The van der Waals surface area contributed by atoms with Crippen LogP contribution in [0, 0.1) is 0 Å². The second-order valence-corrected chi connectivity index (χ2v) is 7.53. The van der Waals surface area contributed by atoms with Crippen LogP contribution in [0.2, 0.25) is 0 Å². The highest BCUT2D eigenvalue weighted by molar-refractivity contribution is 7.97. The molecule has 2 aliphatic rings.